The van der Waals surface area contributed by atoms with Crippen LogP contribution < -0.4 is 0 Å². The number of nitrogens with one attached hydrogen (secondary N) is 2. The molecule has 10 nitrogen and oxygen atoms in total. The first-order chi connectivity index (χ1) is 31.2. The van der Waals surface area contributed by atoms with Gasteiger partial charge in [-0.25, -0.2) is 4.98 Å². The maximum Gasteiger partial charge on any atom is 0.416 e. The lowest BCUT2D eigenvalue weighted by Gasteiger charge is -2.27. The standard InChI is InChI=1S/C50H57F6N5O5/c1-9-11-12-13-14-17-66-29(7)42-27(5)37-21-36-26(4)34(15-16-41(62)65-8)45(59-36)44-46-43(28(6)38(60-46)22-39-33(10-2)25(3)35(57-39)23-40(42)58-37)47(63)61(48(44)64)24-30-18-31(49(51,52)53)20-32(19-30)50(54,55)56/h18-23,25-26,29,33-34,57,60H,9-17,24H2,1-8H3/t25-,26-,29?,33-,34-/m0/s1. The lowest BCUT2D eigenvalue weighted by Crippen LogP contribution is -2.40. The second-order valence-corrected chi connectivity index (χ2v) is 18.0. The van der Waals surface area contributed by atoms with Gasteiger partial charge in [-0.2, -0.15) is 26.3 Å². The Bertz CT molecular complexity index is 2610. The van der Waals surface area contributed by atoms with Crippen LogP contribution in [0.2, 0.25) is 0 Å². The van der Waals surface area contributed by atoms with Crippen LogP contribution in [0.4, 0.5) is 26.3 Å². The molecule has 0 saturated carbocycles. The number of esters is 1. The highest BCUT2D eigenvalue weighted by Crippen LogP contribution is 2.46. The van der Waals surface area contributed by atoms with Gasteiger partial charge in [-0.15, -0.1) is 0 Å². The topological polar surface area (TPSA) is 130 Å². The van der Waals surface area contributed by atoms with Crippen molar-refractivity contribution in [3.8, 4) is 0 Å². The number of methoxy groups -OCH3 is 1. The van der Waals surface area contributed by atoms with Crippen LogP contribution in [-0.2, 0) is 33.2 Å². The Morgan fingerprint density at radius 3 is 2.11 bits per heavy atom. The van der Waals surface area contributed by atoms with Crippen LogP contribution in [0.5, 0.6) is 0 Å². The number of imide groups is 1. The molecule has 0 aliphatic carbocycles. The van der Waals surface area contributed by atoms with Crippen molar-refractivity contribution in [2.45, 2.75) is 149 Å². The van der Waals surface area contributed by atoms with Crippen LogP contribution in [0.1, 0.15) is 194 Å². The van der Waals surface area contributed by atoms with Crippen LogP contribution in [0.15, 0.2) is 36.4 Å². The Labute approximate surface area is 380 Å². The largest absolute Gasteiger partial charge is 0.469 e. The summed E-state index contributed by atoms with van der Waals surface area (Å²) in [5.41, 5.74) is 2.88. The molecule has 4 aliphatic rings. The fourth-order valence-electron chi connectivity index (χ4n) is 9.89. The average molecular weight is 922 g/mol. The zero-order valence-corrected chi connectivity index (χ0v) is 38.6. The monoisotopic (exact) mass is 921 g/mol. The molecule has 0 fully saturated rings. The Morgan fingerprint density at radius 2 is 1.47 bits per heavy atom. The minimum absolute atomic E-state index is 0.00115. The summed E-state index contributed by atoms with van der Waals surface area (Å²) in [7, 11) is 1.26. The summed E-state index contributed by atoms with van der Waals surface area (Å²) in [6.45, 7) is 13.6. The molecule has 3 aromatic rings. The van der Waals surface area contributed by atoms with Gasteiger partial charge < -0.3 is 19.4 Å². The molecule has 5 atom stereocenters. The number of hydrogen-bond acceptors (Lipinski definition) is 7. The third-order valence-corrected chi connectivity index (χ3v) is 13.7. The number of carbonyl (C=O) groups excluding carboxylic acids is 3. The van der Waals surface area contributed by atoms with Gasteiger partial charge in [0.15, 0.2) is 0 Å². The number of carbonyl (C=O) groups is 3. The number of rotatable bonds is 14. The first-order valence-corrected chi connectivity index (χ1v) is 22.8. The molecule has 354 valence electrons. The molecule has 2 aromatic heterocycles. The lowest BCUT2D eigenvalue weighted by atomic mass is 9.84. The number of halogens is 6. The van der Waals surface area contributed by atoms with Crippen molar-refractivity contribution in [1.82, 2.24) is 24.8 Å². The van der Waals surface area contributed by atoms with Gasteiger partial charge in [-0.1, -0.05) is 53.4 Å². The van der Waals surface area contributed by atoms with Crippen molar-refractivity contribution in [1.29, 1.82) is 0 Å². The van der Waals surface area contributed by atoms with E-state index >= 15 is 4.79 Å². The van der Waals surface area contributed by atoms with Crippen LogP contribution in [-0.4, -0.2) is 62.4 Å². The molecule has 0 spiro atoms. The van der Waals surface area contributed by atoms with Crippen molar-refractivity contribution < 1.29 is 50.2 Å². The van der Waals surface area contributed by atoms with Crippen LogP contribution in [0.3, 0.4) is 0 Å². The summed E-state index contributed by atoms with van der Waals surface area (Å²) in [6.07, 6.45) is -4.35. The van der Waals surface area contributed by atoms with E-state index in [9.17, 15) is 35.9 Å². The molecule has 7 rings (SSSR count). The number of H-pyrrole nitrogens is 2. The number of fused-ring (bicyclic) bond motifs is 8. The number of ether oxygens (including phenoxy) is 2. The van der Waals surface area contributed by atoms with E-state index in [2.05, 4.69) is 36.8 Å². The van der Waals surface area contributed by atoms with Gasteiger partial charge in [0.2, 0.25) is 0 Å². The third kappa shape index (κ3) is 9.39. The van der Waals surface area contributed by atoms with Crippen molar-refractivity contribution in [2.75, 3.05) is 13.7 Å². The molecule has 66 heavy (non-hydrogen) atoms. The molecule has 4 aliphatic heterocycles. The molecular formula is C50H57F6N5O5. The second-order valence-electron chi connectivity index (χ2n) is 18.0. The quantitative estimate of drug-likeness (QED) is 0.0712. The summed E-state index contributed by atoms with van der Waals surface area (Å²) >= 11 is 0. The molecule has 2 N–H and O–H groups in total. The van der Waals surface area contributed by atoms with Gasteiger partial charge >= 0.3 is 18.3 Å². The smallest absolute Gasteiger partial charge is 0.416 e. The predicted molar refractivity (Wildman–Crippen MR) is 238 cm³/mol. The van der Waals surface area contributed by atoms with E-state index in [4.69, 9.17) is 19.4 Å². The molecule has 0 radical (unpaired) electrons. The number of amides is 2. The van der Waals surface area contributed by atoms with Crippen molar-refractivity contribution >= 4 is 40.0 Å². The van der Waals surface area contributed by atoms with E-state index in [1.54, 1.807) is 6.92 Å². The van der Waals surface area contributed by atoms with Crippen molar-refractivity contribution in [3.63, 3.8) is 0 Å². The molecule has 16 heteroatoms. The molecule has 1 aromatic carbocycles. The van der Waals surface area contributed by atoms with Gasteiger partial charge in [0.05, 0.1) is 64.6 Å². The SMILES string of the molecule is CCCCCCCOC(C)C1=C(C)c2cc3nc(c4c5[nH]c(cc6[nH]c(cc1n2)[C@@H](C)[C@@H]6CC)c(C)c5C(=O)N(Cc1cc(C(F)(F)F)cc(C(F)(F)F)c1)C4=O)[C@@H](CCC(=O)OC)[C@@H]3C. The highest BCUT2D eigenvalue weighted by molar-refractivity contribution is 6.23. The average Bonchev–Trinajstić information content (AvgIpc) is 3.94. The number of aromatic nitrogens is 4. The fourth-order valence-corrected chi connectivity index (χ4v) is 9.89. The lowest BCUT2D eigenvalue weighted by molar-refractivity contribution is -0.143. The summed E-state index contributed by atoms with van der Waals surface area (Å²) in [4.78, 5) is 60.3. The summed E-state index contributed by atoms with van der Waals surface area (Å²) in [6, 6.07) is 6.83. The minimum atomic E-state index is -5.16. The number of aryl methyl sites for hydroxylation is 1. The Morgan fingerprint density at radius 1 is 0.803 bits per heavy atom. The Kier molecular flexibility index (Phi) is 13.9. The highest BCUT2D eigenvalue weighted by Gasteiger charge is 2.43. The Balaban J connectivity index is 1.49. The second kappa shape index (κ2) is 19.0. The number of aromatic amines is 2. The molecule has 8 bridgehead atoms. The Hall–Kier alpha value is -5.51. The van der Waals surface area contributed by atoms with Crippen molar-refractivity contribution in [3.05, 3.63) is 104 Å². The van der Waals surface area contributed by atoms with Gasteiger partial charge in [0, 0.05) is 64.9 Å². The normalized spacial score (nSPS) is 19.7. The van der Waals surface area contributed by atoms with Crippen LogP contribution in [0.25, 0.3) is 22.2 Å². The van der Waals surface area contributed by atoms with E-state index < -0.39 is 65.2 Å². The van der Waals surface area contributed by atoms with E-state index in [0.29, 0.717) is 46.1 Å². The fraction of sp³-hybridized carbons (Fsp3) is 0.500. The first-order valence-electron chi connectivity index (χ1n) is 22.8. The number of nitrogens with zero attached hydrogens (tertiary/aromatic N) is 3. The summed E-state index contributed by atoms with van der Waals surface area (Å²) < 4.78 is 95.7. The van der Waals surface area contributed by atoms with Crippen LogP contribution in [0, 0.1) is 6.92 Å². The number of unbranched alkanes of at least 4 members (excludes halogenated alkanes) is 4. The minimum Gasteiger partial charge on any atom is -0.469 e. The van der Waals surface area contributed by atoms with Gasteiger partial charge in [-0.05, 0) is 93.1 Å². The maximum atomic E-state index is 15.1. The zero-order valence-electron chi connectivity index (χ0n) is 38.6. The van der Waals surface area contributed by atoms with Gasteiger partial charge in [-0.3, -0.25) is 24.3 Å². The number of allylic oxidation sites excluding steroid dienone is 1. The van der Waals surface area contributed by atoms with E-state index in [1.165, 1.54) is 13.5 Å². The predicted octanol–water partition coefficient (Wildman–Crippen LogP) is 12.6. The maximum absolute atomic E-state index is 15.1. The number of benzene rings is 1. The van der Waals surface area contributed by atoms with E-state index in [1.807, 2.05) is 32.9 Å². The van der Waals surface area contributed by atoms with E-state index in [0.717, 1.165) is 60.3 Å². The molecule has 1 unspecified atom stereocenters. The molecule has 6 heterocycles. The highest BCUT2D eigenvalue weighted by atomic mass is 19.4. The number of hydrogen-bond donors (Lipinski definition) is 2. The molecule has 0 saturated heterocycles. The van der Waals surface area contributed by atoms with Crippen LogP contribution >= 0.6 is 0 Å². The molecule has 2 amide bonds. The van der Waals surface area contributed by atoms with Crippen molar-refractivity contribution in [2.24, 2.45) is 0 Å². The summed E-state index contributed by atoms with van der Waals surface area (Å²) in [5.74, 6) is -3.44. The first kappa shape index (κ1) is 48.4. The molecular weight excluding hydrogens is 865 g/mol. The zero-order chi connectivity index (χ0) is 48.0. The summed E-state index contributed by atoms with van der Waals surface area (Å²) in [5, 5.41) is 0. The van der Waals surface area contributed by atoms with Gasteiger partial charge in [0.25, 0.3) is 11.8 Å². The third-order valence-electron chi connectivity index (χ3n) is 13.7. The van der Waals surface area contributed by atoms with Gasteiger partial charge in [0.1, 0.15) is 0 Å². The number of alkyl halides is 6. The van der Waals surface area contributed by atoms with E-state index in [-0.39, 0.29) is 59.2 Å².